The maximum absolute atomic E-state index is 12.3. The Hall–Kier alpha value is -2.00. The van der Waals surface area contributed by atoms with E-state index >= 15 is 0 Å². The lowest BCUT2D eigenvalue weighted by atomic mass is 10.0. The Kier molecular flexibility index (Phi) is 6.44. The second kappa shape index (κ2) is 9.21. The normalized spacial score (nSPS) is 16.2. The third-order valence-electron chi connectivity index (χ3n) is 4.99. The fraction of sp³-hybridized carbons (Fsp3) is 0.450. The fourth-order valence-corrected chi connectivity index (χ4v) is 4.48. The monoisotopic (exact) mass is 433 g/mol. The predicted octanol–water partition coefficient (Wildman–Crippen LogP) is 3.24. The SMILES string of the molecule is CCCc1cc(=O)n2nc(NCC(c3ccc(Cl)cc3)N3CCOCC3)sc2n1. The number of aryl methyl sites for hydroxylation is 1. The summed E-state index contributed by atoms with van der Waals surface area (Å²) >= 11 is 7.48. The van der Waals surface area contributed by atoms with Gasteiger partial charge >= 0.3 is 0 Å². The van der Waals surface area contributed by atoms with Crippen molar-refractivity contribution >= 4 is 33.0 Å². The van der Waals surface area contributed by atoms with E-state index in [0.29, 0.717) is 16.6 Å². The topological polar surface area (TPSA) is 71.8 Å². The first-order chi connectivity index (χ1) is 14.1. The average molecular weight is 434 g/mol. The molecular formula is C20H24ClN5O2S. The molecule has 1 N–H and O–H groups in total. The molecule has 1 saturated heterocycles. The Morgan fingerprint density at radius 3 is 2.76 bits per heavy atom. The molecule has 1 aromatic carbocycles. The molecule has 1 unspecified atom stereocenters. The number of halogens is 1. The summed E-state index contributed by atoms with van der Waals surface area (Å²) < 4.78 is 6.89. The molecule has 29 heavy (non-hydrogen) atoms. The summed E-state index contributed by atoms with van der Waals surface area (Å²) in [6.07, 6.45) is 1.75. The highest BCUT2D eigenvalue weighted by molar-refractivity contribution is 7.20. The molecule has 7 nitrogen and oxygen atoms in total. The van der Waals surface area contributed by atoms with Crippen LogP contribution in [0.4, 0.5) is 5.13 Å². The summed E-state index contributed by atoms with van der Waals surface area (Å²) in [6.45, 7) is 5.94. The van der Waals surface area contributed by atoms with E-state index in [1.54, 1.807) is 6.07 Å². The van der Waals surface area contributed by atoms with Gasteiger partial charge in [0.25, 0.3) is 5.56 Å². The summed E-state index contributed by atoms with van der Waals surface area (Å²) in [5, 5.41) is 9.25. The zero-order valence-electron chi connectivity index (χ0n) is 16.3. The van der Waals surface area contributed by atoms with Crippen molar-refractivity contribution in [1.82, 2.24) is 19.5 Å². The minimum absolute atomic E-state index is 0.134. The number of hydrogen-bond donors (Lipinski definition) is 1. The molecular weight excluding hydrogens is 410 g/mol. The van der Waals surface area contributed by atoms with Crippen LogP contribution < -0.4 is 10.9 Å². The van der Waals surface area contributed by atoms with Crippen LogP contribution in [0.3, 0.4) is 0 Å². The van der Waals surface area contributed by atoms with Crippen molar-refractivity contribution in [2.75, 3.05) is 38.2 Å². The lowest BCUT2D eigenvalue weighted by Crippen LogP contribution is -2.41. The van der Waals surface area contributed by atoms with Gasteiger partial charge in [-0.25, -0.2) is 4.98 Å². The van der Waals surface area contributed by atoms with Crippen LogP contribution in [0.25, 0.3) is 4.96 Å². The summed E-state index contributed by atoms with van der Waals surface area (Å²) in [5.41, 5.74) is 1.87. The average Bonchev–Trinajstić information content (AvgIpc) is 3.14. The maximum atomic E-state index is 12.3. The van der Waals surface area contributed by atoms with Gasteiger partial charge in [-0.05, 0) is 24.1 Å². The lowest BCUT2D eigenvalue weighted by molar-refractivity contribution is 0.0187. The number of anilines is 1. The molecule has 1 fully saturated rings. The van der Waals surface area contributed by atoms with E-state index in [1.807, 2.05) is 12.1 Å². The van der Waals surface area contributed by atoms with Crippen molar-refractivity contribution in [3.8, 4) is 0 Å². The molecule has 3 heterocycles. The van der Waals surface area contributed by atoms with Crippen LogP contribution in [0.15, 0.2) is 35.1 Å². The zero-order valence-corrected chi connectivity index (χ0v) is 17.9. The molecule has 0 saturated carbocycles. The number of rotatable bonds is 7. The predicted molar refractivity (Wildman–Crippen MR) is 116 cm³/mol. The van der Waals surface area contributed by atoms with Gasteiger partial charge in [0, 0.05) is 36.4 Å². The van der Waals surface area contributed by atoms with Gasteiger partial charge in [0.1, 0.15) is 0 Å². The minimum atomic E-state index is -0.134. The molecule has 2 aromatic heterocycles. The second-order valence-corrected chi connectivity index (χ2v) is 8.43. The number of benzene rings is 1. The quantitative estimate of drug-likeness (QED) is 0.616. The summed E-state index contributed by atoms with van der Waals surface area (Å²) in [5.74, 6) is 0. The highest BCUT2D eigenvalue weighted by Crippen LogP contribution is 2.25. The molecule has 0 aliphatic carbocycles. The zero-order chi connectivity index (χ0) is 20.2. The van der Waals surface area contributed by atoms with Gasteiger partial charge in [0.15, 0.2) is 0 Å². The minimum Gasteiger partial charge on any atom is -0.379 e. The third-order valence-corrected chi connectivity index (χ3v) is 6.11. The number of ether oxygens (including phenoxy) is 1. The van der Waals surface area contributed by atoms with Gasteiger partial charge in [-0.2, -0.15) is 4.52 Å². The van der Waals surface area contributed by atoms with Gasteiger partial charge < -0.3 is 10.1 Å². The largest absolute Gasteiger partial charge is 0.379 e. The van der Waals surface area contributed by atoms with Crippen molar-refractivity contribution < 1.29 is 4.74 Å². The van der Waals surface area contributed by atoms with Crippen LogP contribution in [-0.4, -0.2) is 52.3 Å². The Morgan fingerprint density at radius 1 is 1.28 bits per heavy atom. The first-order valence-electron chi connectivity index (χ1n) is 9.85. The van der Waals surface area contributed by atoms with E-state index < -0.39 is 0 Å². The van der Waals surface area contributed by atoms with Gasteiger partial charge in [0.05, 0.1) is 19.3 Å². The Labute approximate surface area is 178 Å². The Bertz CT molecular complexity index is 1010. The van der Waals surface area contributed by atoms with E-state index in [1.165, 1.54) is 21.4 Å². The van der Waals surface area contributed by atoms with Crippen LogP contribution in [0.5, 0.6) is 0 Å². The van der Waals surface area contributed by atoms with E-state index in [9.17, 15) is 4.79 Å². The second-order valence-electron chi connectivity index (χ2n) is 7.03. The van der Waals surface area contributed by atoms with Crippen LogP contribution in [0.1, 0.15) is 30.6 Å². The van der Waals surface area contributed by atoms with Gasteiger partial charge in [-0.1, -0.05) is 48.4 Å². The molecule has 1 aliphatic heterocycles. The van der Waals surface area contributed by atoms with E-state index in [-0.39, 0.29) is 11.6 Å². The lowest BCUT2D eigenvalue weighted by Gasteiger charge is -2.34. The maximum Gasteiger partial charge on any atom is 0.275 e. The first-order valence-corrected chi connectivity index (χ1v) is 11.0. The molecule has 3 aromatic rings. The summed E-state index contributed by atoms with van der Waals surface area (Å²) in [6, 6.07) is 9.69. The van der Waals surface area contributed by atoms with Crippen LogP contribution in [0.2, 0.25) is 5.02 Å². The van der Waals surface area contributed by atoms with Gasteiger partial charge in [0.2, 0.25) is 10.1 Å². The fourth-order valence-electron chi connectivity index (χ4n) is 3.53. The molecule has 0 amide bonds. The first kappa shape index (κ1) is 20.3. The molecule has 154 valence electrons. The molecule has 0 bridgehead atoms. The molecule has 0 spiro atoms. The Morgan fingerprint density at radius 2 is 2.03 bits per heavy atom. The molecule has 1 atom stereocenters. The van der Waals surface area contributed by atoms with Crippen molar-refractivity contribution in [3.63, 3.8) is 0 Å². The smallest absolute Gasteiger partial charge is 0.275 e. The number of fused-ring (bicyclic) bond motifs is 1. The number of nitrogens with zero attached hydrogens (tertiary/aromatic N) is 4. The molecule has 9 heteroatoms. The number of hydrogen-bond acceptors (Lipinski definition) is 7. The van der Waals surface area contributed by atoms with Gasteiger partial charge in [-0.3, -0.25) is 9.69 Å². The van der Waals surface area contributed by atoms with E-state index in [0.717, 1.165) is 49.9 Å². The van der Waals surface area contributed by atoms with Crippen LogP contribution >= 0.6 is 22.9 Å². The number of nitrogens with one attached hydrogen (secondary N) is 1. The van der Waals surface area contributed by atoms with Crippen molar-refractivity contribution in [2.24, 2.45) is 0 Å². The summed E-state index contributed by atoms with van der Waals surface area (Å²) in [4.78, 5) is 19.9. The molecule has 0 radical (unpaired) electrons. The van der Waals surface area contributed by atoms with Crippen molar-refractivity contribution in [2.45, 2.75) is 25.8 Å². The molecule has 4 rings (SSSR count). The highest BCUT2D eigenvalue weighted by atomic mass is 35.5. The van der Waals surface area contributed by atoms with Crippen molar-refractivity contribution in [1.29, 1.82) is 0 Å². The summed E-state index contributed by atoms with van der Waals surface area (Å²) in [7, 11) is 0. The van der Waals surface area contributed by atoms with Gasteiger partial charge in [-0.15, -0.1) is 5.10 Å². The standard InChI is InChI=1S/C20H24ClN5O2S/c1-2-3-16-12-18(27)26-20(23-16)29-19(24-26)22-13-17(25-8-10-28-11-9-25)14-4-6-15(21)7-5-14/h4-7,12,17H,2-3,8-11,13H2,1H3,(H,22,24). The Balaban J connectivity index is 1.55. The van der Waals surface area contributed by atoms with E-state index in [2.05, 4.69) is 39.4 Å². The van der Waals surface area contributed by atoms with E-state index in [4.69, 9.17) is 16.3 Å². The third kappa shape index (κ3) is 4.78. The van der Waals surface area contributed by atoms with Crippen LogP contribution in [0, 0.1) is 0 Å². The van der Waals surface area contributed by atoms with Crippen molar-refractivity contribution in [3.05, 3.63) is 57.0 Å². The van der Waals surface area contributed by atoms with Crippen LogP contribution in [-0.2, 0) is 11.2 Å². The number of morpholine rings is 1. The number of aromatic nitrogens is 3. The molecule has 1 aliphatic rings. The highest BCUT2D eigenvalue weighted by Gasteiger charge is 2.23.